The quantitative estimate of drug-likeness (QED) is 0.360. The smallest absolute Gasteiger partial charge is 0.0701 e. The molecule has 0 amide bonds. The molecular formula is C18H38O5. The monoisotopic (exact) mass is 334 g/mol. The Morgan fingerprint density at radius 2 is 0.609 bits per heavy atom. The van der Waals surface area contributed by atoms with Crippen molar-refractivity contribution < 1.29 is 23.7 Å². The molecule has 0 aromatic heterocycles. The fraction of sp³-hybridized carbons (Fsp3) is 1.00. The summed E-state index contributed by atoms with van der Waals surface area (Å²) < 4.78 is 27.2. The van der Waals surface area contributed by atoms with Crippen LogP contribution in [0.1, 0.15) is 40.5 Å². The van der Waals surface area contributed by atoms with E-state index >= 15 is 0 Å². The van der Waals surface area contributed by atoms with Crippen LogP contribution in [0.3, 0.4) is 0 Å². The molecule has 5 heteroatoms. The van der Waals surface area contributed by atoms with Gasteiger partial charge in [0.15, 0.2) is 0 Å². The lowest BCUT2D eigenvalue weighted by molar-refractivity contribution is -0.0121. The predicted octanol–water partition coefficient (Wildman–Crippen LogP) is 3.16. The van der Waals surface area contributed by atoms with Gasteiger partial charge in [-0.15, -0.1) is 0 Å². The van der Waals surface area contributed by atoms with E-state index in [4.69, 9.17) is 23.7 Å². The molecule has 0 spiro atoms. The van der Waals surface area contributed by atoms with E-state index in [0.29, 0.717) is 64.7 Å². The van der Waals surface area contributed by atoms with Crippen molar-refractivity contribution in [3.05, 3.63) is 0 Å². The van der Waals surface area contributed by atoms with Crippen molar-refractivity contribution in [1.29, 1.82) is 0 Å². The Kier molecular flexibility index (Phi) is 18.0. The zero-order chi connectivity index (χ0) is 17.2. The van der Waals surface area contributed by atoms with Crippen molar-refractivity contribution in [2.24, 2.45) is 11.8 Å². The Morgan fingerprint density at radius 3 is 0.826 bits per heavy atom. The minimum absolute atomic E-state index is 0.597. The van der Waals surface area contributed by atoms with Crippen LogP contribution in [0.15, 0.2) is 0 Å². The maximum atomic E-state index is 5.46. The summed E-state index contributed by atoms with van der Waals surface area (Å²) in [5.74, 6) is 1.39. The molecule has 0 bridgehead atoms. The Bertz CT molecular complexity index is 199. The van der Waals surface area contributed by atoms with E-state index in [1.807, 2.05) is 0 Å². The number of hydrogen-bond acceptors (Lipinski definition) is 5. The van der Waals surface area contributed by atoms with Gasteiger partial charge in [-0.1, -0.05) is 27.7 Å². The molecule has 0 aliphatic rings. The van der Waals surface area contributed by atoms with E-state index in [2.05, 4.69) is 27.7 Å². The van der Waals surface area contributed by atoms with Gasteiger partial charge < -0.3 is 23.7 Å². The Labute approximate surface area is 143 Å². The van der Waals surface area contributed by atoms with Crippen LogP contribution < -0.4 is 0 Å². The average Bonchev–Trinajstić information content (AvgIpc) is 2.49. The van der Waals surface area contributed by atoms with Gasteiger partial charge in [-0.25, -0.2) is 0 Å². The summed E-state index contributed by atoms with van der Waals surface area (Å²) in [6.07, 6.45) is 2.21. The van der Waals surface area contributed by atoms with Gasteiger partial charge in [-0.3, -0.25) is 0 Å². The van der Waals surface area contributed by atoms with Crippen molar-refractivity contribution in [1.82, 2.24) is 0 Å². The highest BCUT2D eigenvalue weighted by Gasteiger charge is 1.96. The topological polar surface area (TPSA) is 46.2 Å². The second-order valence-electron chi connectivity index (χ2n) is 6.43. The summed E-state index contributed by atoms with van der Waals surface area (Å²) in [7, 11) is 0. The summed E-state index contributed by atoms with van der Waals surface area (Å²) >= 11 is 0. The van der Waals surface area contributed by atoms with E-state index in [1.165, 1.54) is 0 Å². The van der Waals surface area contributed by atoms with Crippen LogP contribution in [0.4, 0.5) is 0 Å². The maximum Gasteiger partial charge on any atom is 0.0701 e. The Hall–Kier alpha value is -0.200. The van der Waals surface area contributed by atoms with Crippen LogP contribution in [0.25, 0.3) is 0 Å². The summed E-state index contributed by atoms with van der Waals surface area (Å²) in [5, 5.41) is 0. The lowest BCUT2D eigenvalue weighted by Gasteiger charge is -2.09. The van der Waals surface area contributed by atoms with Crippen molar-refractivity contribution >= 4 is 0 Å². The third-order valence-electron chi connectivity index (χ3n) is 3.17. The van der Waals surface area contributed by atoms with Crippen LogP contribution in [-0.2, 0) is 23.7 Å². The Balaban J connectivity index is 2.97. The molecule has 0 rings (SSSR count). The van der Waals surface area contributed by atoms with Gasteiger partial charge in [-0.05, 0) is 24.7 Å². The van der Waals surface area contributed by atoms with Crippen LogP contribution in [-0.4, -0.2) is 66.1 Å². The third kappa shape index (κ3) is 21.8. The van der Waals surface area contributed by atoms with Crippen LogP contribution in [0.2, 0.25) is 0 Å². The van der Waals surface area contributed by atoms with Crippen molar-refractivity contribution in [2.45, 2.75) is 40.5 Å². The van der Waals surface area contributed by atoms with E-state index in [0.717, 1.165) is 26.1 Å². The molecule has 0 saturated heterocycles. The van der Waals surface area contributed by atoms with Gasteiger partial charge in [0.1, 0.15) is 0 Å². The van der Waals surface area contributed by atoms with E-state index in [1.54, 1.807) is 0 Å². The van der Waals surface area contributed by atoms with Gasteiger partial charge >= 0.3 is 0 Å². The molecule has 0 radical (unpaired) electrons. The van der Waals surface area contributed by atoms with E-state index < -0.39 is 0 Å². The Morgan fingerprint density at radius 1 is 0.391 bits per heavy atom. The zero-order valence-corrected chi connectivity index (χ0v) is 15.7. The fourth-order valence-electron chi connectivity index (χ4n) is 1.62. The number of hydrogen-bond donors (Lipinski definition) is 0. The molecule has 0 unspecified atom stereocenters. The van der Waals surface area contributed by atoms with Crippen LogP contribution in [0.5, 0.6) is 0 Å². The highest BCUT2D eigenvalue weighted by molar-refractivity contribution is 4.43. The number of ether oxygens (including phenoxy) is 5. The van der Waals surface area contributed by atoms with Crippen LogP contribution in [0, 0.1) is 11.8 Å². The first-order valence-electron chi connectivity index (χ1n) is 9.01. The molecule has 0 heterocycles. The van der Waals surface area contributed by atoms with Gasteiger partial charge in [0.2, 0.25) is 0 Å². The minimum Gasteiger partial charge on any atom is -0.379 e. The molecule has 23 heavy (non-hydrogen) atoms. The molecule has 140 valence electrons. The molecule has 0 aliphatic carbocycles. The second kappa shape index (κ2) is 18.1. The molecule has 0 aromatic carbocycles. The molecular weight excluding hydrogens is 296 g/mol. The third-order valence-corrected chi connectivity index (χ3v) is 3.17. The molecule has 0 N–H and O–H groups in total. The van der Waals surface area contributed by atoms with Gasteiger partial charge in [0.05, 0.1) is 52.9 Å². The molecule has 0 atom stereocenters. The normalized spacial score (nSPS) is 11.7. The molecule has 0 aliphatic heterocycles. The molecule has 0 saturated carbocycles. The first-order valence-corrected chi connectivity index (χ1v) is 9.01. The molecule has 5 nitrogen and oxygen atoms in total. The van der Waals surface area contributed by atoms with Gasteiger partial charge in [0, 0.05) is 13.2 Å². The van der Waals surface area contributed by atoms with Gasteiger partial charge in [-0.2, -0.15) is 0 Å². The standard InChI is InChI=1S/C18H38O5/c1-17(2)5-7-19-9-11-21-13-15-23-16-14-22-12-10-20-8-6-18(3)4/h17-18H,5-16H2,1-4H3. The predicted molar refractivity (Wildman–Crippen MR) is 93.0 cm³/mol. The summed E-state index contributed by atoms with van der Waals surface area (Å²) in [4.78, 5) is 0. The summed E-state index contributed by atoms with van der Waals surface area (Å²) in [6, 6.07) is 0. The second-order valence-corrected chi connectivity index (χ2v) is 6.43. The summed E-state index contributed by atoms with van der Waals surface area (Å²) in [5.41, 5.74) is 0. The largest absolute Gasteiger partial charge is 0.379 e. The first kappa shape index (κ1) is 22.8. The lowest BCUT2D eigenvalue weighted by atomic mass is 10.1. The highest BCUT2D eigenvalue weighted by atomic mass is 16.6. The average molecular weight is 334 g/mol. The maximum absolute atomic E-state index is 5.46. The van der Waals surface area contributed by atoms with Crippen molar-refractivity contribution in [3.63, 3.8) is 0 Å². The van der Waals surface area contributed by atoms with Gasteiger partial charge in [0.25, 0.3) is 0 Å². The summed E-state index contributed by atoms with van der Waals surface area (Å²) in [6.45, 7) is 15.4. The van der Waals surface area contributed by atoms with E-state index in [-0.39, 0.29) is 0 Å². The van der Waals surface area contributed by atoms with Crippen molar-refractivity contribution in [3.8, 4) is 0 Å². The number of rotatable bonds is 18. The SMILES string of the molecule is CC(C)CCOCCOCCOCCOCCOCCC(C)C. The van der Waals surface area contributed by atoms with Crippen molar-refractivity contribution in [2.75, 3.05) is 66.1 Å². The van der Waals surface area contributed by atoms with Crippen LogP contribution >= 0.6 is 0 Å². The first-order chi connectivity index (χ1) is 11.1. The zero-order valence-electron chi connectivity index (χ0n) is 15.7. The fourth-order valence-corrected chi connectivity index (χ4v) is 1.62. The minimum atomic E-state index is 0.597. The lowest BCUT2D eigenvalue weighted by Crippen LogP contribution is -2.13. The van der Waals surface area contributed by atoms with E-state index in [9.17, 15) is 0 Å². The highest BCUT2D eigenvalue weighted by Crippen LogP contribution is 1.99. The molecule has 0 fully saturated rings. The molecule has 0 aromatic rings.